The monoisotopic (exact) mass is 538 g/mol. The highest BCUT2D eigenvalue weighted by molar-refractivity contribution is 5.88. The third-order valence-corrected chi connectivity index (χ3v) is 6.04. The molecule has 0 aromatic heterocycles. The second kappa shape index (κ2) is 15.7. The molecule has 0 amide bonds. The van der Waals surface area contributed by atoms with Gasteiger partial charge in [-0.25, -0.2) is 9.59 Å². The van der Waals surface area contributed by atoms with E-state index in [0.717, 1.165) is 38.5 Å². The molecule has 0 saturated heterocycles. The van der Waals surface area contributed by atoms with Gasteiger partial charge in [0.05, 0.1) is 35.5 Å². The summed E-state index contributed by atoms with van der Waals surface area (Å²) in [7, 11) is 0. The average Bonchev–Trinajstić information content (AvgIpc) is 2.96. The highest BCUT2D eigenvalue weighted by Crippen LogP contribution is 2.29. The summed E-state index contributed by atoms with van der Waals surface area (Å²) in [5.41, 5.74) is 3.07. The van der Waals surface area contributed by atoms with E-state index < -0.39 is 11.9 Å². The summed E-state index contributed by atoms with van der Waals surface area (Å²) in [4.78, 5) is 22.3. The van der Waals surface area contributed by atoms with Crippen LogP contribution in [-0.4, -0.2) is 35.4 Å². The van der Waals surface area contributed by atoms with Gasteiger partial charge in [-0.3, -0.25) is 0 Å². The van der Waals surface area contributed by atoms with E-state index in [4.69, 9.17) is 19.7 Å². The third-order valence-electron chi connectivity index (χ3n) is 6.04. The Morgan fingerprint density at radius 2 is 0.975 bits per heavy atom. The van der Waals surface area contributed by atoms with Gasteiger partial charge < -0.3 is 19.7 Å². The minimum atomic E-state index is -0.985. The van der Waals surface area contributed by atoms with Gasteiger partial charge in [0.15, 0.2) is 0 Å². The molecule has 0 aliphatic rings. The van der Waals surface area contributed by atoms with Crippen LogP contribution in [0, 0.1) is 23.7 Å². The van der Waals surface area contributed by atoms with Crippen molar-refractivity contribution in [1.82, 2.24) is 0 Å². The van der Waals surface area contributed by atoms with E-state index in [1.807, 2.05) is 12.1 Å². The average molecular weight is 539 g/mol. The van der Waals surface area contributed by atoms with Gasteiger partial charge in [0.1, 0.15) is 11.5 Å². The molecule has 2 N–H and O–H groups in total. The van der Waals surface area contributed by atoms with Crippen molar-refractivity contribution >= 4 is 11.9 Å². The number of aromatic carboxylic acids is 2. The molecule has 0 fully saturated rings. The summed E-state index contributed by atoms with van der Waals surface area (Å²) >= 11 is 0. The lowest BCUT2D eigenvalue weighted by Gasteiger charge is -2.13. The lowest BCUT2D eigenvalue weighted by molar-refractivity contribution is 0.0686. The van der Waals surface area contributed by atoms with Crippen molar-refractivity contribution in [2.45, 2.75) is 52.4 Å². The van der Waals surface area contributed by atoms with Gasteiger partial charge in [0.2, 0.25) is 0 Å². The second-order valence-corrected chi connectivity index (χ2v) is 9.22. The van der Waals surface area contributed by atoms with Gasteiger partial charge in [-0.1, -0.05) is 63.2 Å². The van der Waals surface area contributed by atoms with Crippen molar-refractivity contribution in [3.8, 4) is 35.2 Å². The van der Waals surface area contributed by atoms with Crippen LogP contribution in [0.25, 0.3) is 0 Å². The Morgan fingerprint density at radius 1 is 0.600 bits per heavy atom. The van der Waals surface area contributed by atoms with Gasteiger partial charge in [-0.2, -0.15) is 0 Å². The van der Waals surface area contributed by atoms with Crippen molar-refractivity contribution in [3.63, 3.8) is 0 Å². The van der Waals surface area contributed by atoms with Crippen LogP contribution >= 0.6 is 0 Å². The van der Waals surface area contributed by atoms with E-state index in [1.165, 1.54) is 24.3 Å². The zero-order chi connectivity index (χ0) is 28.7. The van der Waals surface area contributed by atoms with E-state index in [0.29, 0.717) is 47.0 Å². The Bertz CT molecular complexity index is 1300. The topological polar surface area (TPSA) is 93.1 Å². The molecule has 40 heavy (non-hydrogen) atoms. The minimum absolute atomic E-state index is 0.203. The van der Waals surface area contributed by atoms with E-state index in [-0.39, 0.29) is 11.1 Å². The summed E-state index contributed by atoms with van der Waals surface area (Å²) in [6, 6.07) is 16.5. The Labute approximate surface area is 236 Å². The van der Waals surface area contributed by atoms with Gasteiger partial charge in [-0.15, -0.1) is 0 Å². The van der Waals surface area contributed by atoms with Crippen molar-refractivity contribution in [2.24, 2.45) is 0 Å². The van der Waals surface area contributed by atoms with Crippen molar-refractivity contribution < 1.29 is 29.3 Å². The standard InChI is InChI=1S/C34H34O6/c1-3-5-7-21-39-31-23-30(20-14-26-11-17-28(18-12-26)34(37)38)32(40-22-8-6-4-2)24-29(31)19-13-25-9-15-27(16-10-25)33(35)36/h9-12,15-18,23-24H,3-8,21-22H2,1-2H3,(H,35,36)(H,37,38). The molecule has 3 aromatic rings. The largest absolute Gasteiger partial charge is 0.492 e. The predicted molar refractivity (Wildman–Crippen MR) is 155 cm³/mol. The smallest absolute Gasteiger partial charge is 0.335 e. The van der Waals surface area contributed by atoms with E-state index in [2.05, 4.69) is 37.5 Å². The minimum Gasteiger partial charge on any atom is -0.492 e. The number of rotatable bonds is 12. The summed E-state index contributed by atoms with van der Waals surface area (Å²) in [6.45, 7) is 5.34. The molecule has 3 rings (SSSR count). The van der Waals surface area contributed by atoms with Crippen LogP contribution in [0.4, 0.5) is 0 Å². The highest BCUT2D eigenvalue weighted by Gasteiger charge is 2.11. The first-order chi connectivity index (χ1) is 19.4. The predicted octanol–water partition coefficient (Wildman–Crippen LogP) is 7.02. The summed E-state index contributed by atoms with van der Waals surface area (Å²) in [5.74, 6) is 11.8. The van der Waals surface area contributed by atoms with Crippen LogP contribution < -0.4 is 9.47 Å². The van der Waals surface area contributed by atoms with E-state index in [1.54, 1.807) is 24.3 Å². The van der Waals surface area contributed by atoms with E-state index in [9.17, 15) is 9.59 Å². The number of hydrogen-bond donors (Lipinski definition) is 2. The van der Waals surface area contributed by atoms with Gasteiger partial charge in [0, 0.05) is 23.3 Å². The number of benzene rings is 3. The van der Waals surface area contributed by atoms with Crippen molar-refractivity contribution in [2.75, 3.05) is 13.2 Å². The third kappa shape index (κ3) is 9.26. The molecule has 0 bridgehead atoms. The first kappa shape index (κ1) is 29.9. The second-order valence-electron chi connectivity index (χ2n) is 9.22. The van der Waals surface area contributed by atoms with Crippen LogP contribution in [0.5, 0.6) is 11.5 Å². The number of ether oxygens (including phenoxy) is 2. The quantitative estimate of drug-likeness (QED) is 0.190. The molecule has 0 unspecified atom stereocenters. The maximum absolute atomic E-state index is 11.2. The molecule has 0 aliphatic heterocycles. The Morgan fingerprint density at radius 3 is 1.30 bits per heavy atom. The van der Waals surface area contributed by atoms with Crippen LogP contribution in [0.1, 0.15) is 95.3 Å². The van der Waals surface area contributed by atoms with Gasteiger partial charge in [-0.05, 0) is 61.4 Å². The van der Waals surface area contributed by atoms with E-state index >= 15 is 0 Å². The normalized spacial score (nSPS) is 10.1. The molecule has 0 saturated carbocycles. The summed E-state index contributed by atoms with van der Waals surface area (Å²) in [5, 5.41) is 18.3. The fourth-order valence-electron chi connectivity index (χ4n) is 3.73. The highest BCUT2D eigenvalue weighted by atomic mass is 16.5. The molecule has 206 valence electrons. The molecular formula is C34H34O6. The lowest BCUT2D eigenvalue weighted by atomic mass is 10.1. The fraction of sp³-hybridized carbons (Fsp3) is 0.294. The van der Waals surface area contributed by atoms with Crippen LogP contribution in [0.3, 0.4) is 0 Å². The first-order valence-corrected chi connectivity index (χ1v) is 13.6. The molecule has 0 heterocycles. The van der Waals surface area contributed by atoms with Crippen LogP contribution in [0.15, 0.2) is 60.7 Å². The van der Waals surface area contributed by atoms with Crippen molar-refractivity contribution in [3.05, 3.63) is 94.0 Å². The number of unbranched alkanes of at least 4 members (excludes halogenated alkanes) is 4. The van der Waals surface area contributed by atoms with Crippen molar-refractivity contribution in [1.29, 1.82) is 0 Å². The number of carboxylic acids is 2. The first-order valence-electron chi connectivity index (χ1n) is 13.6. The van der Waals surface area contributed by atoms with Crippen LogP contribution in [0.2, 0.25) is 0 Å². The molecule has 3 aromatic carbocycles. The lowest BCUT2D eigenvalue weighted by Crippen LogP contribution is -2.03. The summed E-state index contributed by atoms with van der Waals surface area (Å²) < 4.78 is 12.3. The van der Waals surface area contributed by atoms with Gasteiger partial charge in [0.25, 0.3) is 0 Å². The SMILES string of the molecule is CCCCCOc1cc(C#Cc2ccc(C(=O)O)cc2)c(OCCCCC)cc1C#Cc1ccc(C(=O)O)cc1. The molecule has 0 atom stereocenters. The fourth-order valence-corrected chi connectivity index (χ4v) is 3.73. The Hall–Kier alpha value is -4.68. The number of carbonyl (C=O) groups is 2. The zero-order valence-corrected chi connectivity index (χ0v) is 23.0. The Balaban J connectivity index is 2.00. The molecule has 6 heteroatoms. The molecule has 0 spiro atoms. The Kier molecular flexibility index (Phi) is 11.7. The molecule has 6 nitrogen and oxygen atoms in total. The van der Waals surface area contributed by atoms with Crippen LogP contribution in [-0.2, 0) is 0 Å². The molecule has 0 radical (unpaired) electrons. The molecule has 0 aliphatic carbocycles. The number of carboxylic acid groups (broad SMARTS) is 2. The number of hydrogen-bond acceptors (Lipinski definition) is 4. The molecular weight excluding hydrogens is 504 g/mol. The summed E-state index contributed by atoms with van der Waals surface area (Å²) in [6.07, 6.45) is 6.07. The maximum Gasteiger partial charge on any atom is 0.335 e. The zero-order valence-electron chi connectivity index (χ0n) is 23.0. The van der Waals surface area contributed by atoms with Gasteiger partial charge >= 0.3 is 11.9 Å². The maximum atomic E-state index is 11.2.